The summed E-state index contributed by atoms with van der Waals surface area (Å²) in [6, 6.07) is 5.26. The Morgan fingerprint density at radius 3 is 2.88 bits per heavy atom. The molecule has 0 aliphatic rings. The largest absolute Gasteiger partial charge is 0.399 e. The summed E-state index contributed by atoms with van der Waals surface area (Å²) in [6.07, 6.45) is 0.677. The lowest BCUT2D eigenvalue weighted by atomic mass is 10.1. The van der Waals surface area contributed by atoms with Crippen LogP contribution in [-0.4, -0.2) is 12.5 Å². The molecule has 0 atom stereocenters. The highest BCUT2D eigenvalue weighted by Gasteiger charge is 2.07. The van der Waals surface area contributed by atoms with Gasteiger partial charge in [-0.3, -0.25) is 4.79 Å². The molecule has 0 bridgehead atoms. The molecule has 16 heavy (non-hydrogen) atoms. The maximum absolute atomic E-state index is 11.7. The van der Waals surface area contributed by atoms with Gasteiger partial charge in [0.1, 0.15) is 0 Å². The highest BCUT2D eigenvalue weighted by molar-refractivity contribution is 5.95. The molecule has 0 fully saturated rings. The molecule has 0 heterocycles. The normalized spacial score (nSPS) is 9.12. The average molecular weight is 216 g/mol. The fourth-order valence-electron chi connectivity index (χ4n) is 1.40. The van der Waals surface area contributed by atoms with Gasteiger partial charge in [0.2, 0.25) is 0 Å². The molecule has 0 spiro atoms. The van der Waals surface area contributed by atoms with Crippen molar-refractivity contribution < 1.29 is 4.79 Å². The van der Waals surface area contributed by atoms with E-state index >= 15 is 0 Å². The molecule has 1 rings (SSSR count). The van der Waals surface area contributed by atoms with Crippen molar-refractivity contribution in [1.82, 2.24) is 5.32 Å². The van der Waals surface area contributed by atoms with Gasteiger partial charge in [-0.2, -0.15) is 0 Å². The first-order valence-electron chi connectivity index (χ1n) is 5.19. The predicted molar refractivity (Wildman–Crippen MR) is 66.0 cm³/mol. The monoisotopic (exact) mass is 216 g/mol. The van der Waals surface area contributed by atoms with Gasteiger partial charge in [-0.25, -0.2) is 0 Å². The summed E-state index contributed by atoms with van der Waals surface area (Å²) in [5.41, 5.74) is 7.84. The quantitative estimate of drug-likeness (QED) is 0.459. The number of nitrogens with one attached hydrogen (secondary N) is 1. The van der Waals surface area contributed by atoms with E-state index < -0.39 is 0 Å². The minimum atomic E-state index is -0.0737. The van der Waals surface area contributed by atoms with Crippen LogP contribution in [0.15, 0.2) is 18.2 Å². The summed E-state index contributed by atoms with van der Waals surface area (Å²) in [7, 11) is 0. The molecular weight excluding hydrogens is 200 g/mol. The van der Waals surface area contributed by atoms with E-state index in [1.54, 1.807) is 25.1 Å². The van der Waals surface area contributed by atoms with Gasteiger partial charge in [-0.15, -0.1) is 11.8 Å². The number of rotatable bonds is 3. The lowest BCUT2D eigenvalue weighted by molar-refractivity contribution is 0.0954. The maximum atomic E-state index is 11.7. The van der Waals surface area contributed by atoms with Gasteiger partial charge in [0, 0.05) is 24.2 Å². The SMILES string of the molecule is CC#CCCNC(=O)c1ccc(N)cc1C. The zero-order valence-corrected chi connectivity index (χ0v) is 9.63. The van der Waals surface area contributed by atoms with E-state index in [-0.39, 0.29) is 5.91 Å². The molecule has 0 aromatic heterocycles. The van der Waals surface area contributed by atoms with Crippen LogP contribution in [0, 0.1) is 18.8 Å². The van der Waals surface area contributed by atoms with E-state index in [0.29, 0.717) is 24.2 Å². The van der Waals surface area contributed by atoms with Gasteiger partial charge in [0.05, 0.1) is 0 Å². The van der Waals surface area contributed by atoms with Gasteiger partial charge in [-0.1, -0.05) is 0 Å². The van der Waals surface area contributed by atoms with Crippen LogP contribution in [0.4, 0.5) is 5.69 Å². The lowest BCUT2D eigenvalue weighted by Crippen LogP contribution is -2.24. The van der Waals surface area contributed by atoms with Crippen LogP contribution < -0.4 is 11.1 Å². The third kappa shape index (κ3) is 3.32. The first kappa shape index (κ1) is 12.1. The number of hydrogen-bond acceptors (Lipinski definition) is 2. The summed E-state index contributed by atoms with van der Waals surface area (Å²) >= 11 is 0. The summed E-state index contributed by atoms with van der Waals surface area (Å²) in [4.78, 5) is 11.7. The average Bonchev–Trinajstić information content (AvgIpc) is 2.24. The van der Waals surface area contributed by atoms with Crippen LogP contribution in [-0.2, 0) is 0 Å². The Hall–Kier alpha value is -1.95. The van der Waals surface area contributed by atoms with Crippen molar-refractivity contribution in [2.75, 3.05) is 12.3 Å². The van der Waals surface area contributed by atoms with Gasteiger partial charge < -0.3 is 11.1 Å². The number of hydrogen-bond donors (Lipinski definition) is 2. The molecule has 3 N–H and O–H groups in total. The minimum Gasteiger partial charge on any atom is -0.399 e. The van der Waals surface area contributed by atoms with Gasteiger partial charge in [0.25, 0.3) is 5.91 Å². The van der Waals surface area contributed by atoms with Gasteiger partial charge in [-0.05, 0) is 37.6 Å². The zero-order valence-electron chi connectivity index (χ0n) is 9.63. The second-order valence-corrected chi connectivity index (χ2v) is 3.51. The topological polar surface area (TPSA) is 55.1 Å². The van der Waals surface area contributed by atoms with Crippen LogP contribution in [0.3, 0.4) is 0 Å². The fraction of sp³-hybridized carbons (Fsp3) is 0.308. The summed E-state index contributed by atoms with van der Waals surface area (Å²) in [5, 5.41) is 2.81. The highest BCUT2D eigenvalue weighted by atomic mass is 16.1. The van der Waals surface area contributed by atoms with Crippen LogP contribution in [0.2, 0.25) is 0 Å². The second kappa shape index (κ2) is 5.82. The molecule has 0 saturated carbocycles. The lowest BCUT2D eigenvalue weighted by Gasteiger charge is -2.06. The summed E-state index contributed by atoms with van der Waals surface area (Å²) < 4.78 is 0. The maximum Gasteiger partial charge on any atom is 0.251 e. The van der Waals surface area contributed by atoms with E-state index in [4.69, 9.17) is 5.73 Å². The van der Waals surface area contributed by atoms with Crippen molar-refractivity contribution in [2.24, 2.45) is 0 Å². The van der Waals surface area contributed by atoms with Crippen LogP contribution in [0.1, 0.15) is 29.3 Å². The van der Waals surface area contributed by atoms with Crippen LogP contribution in [0.25, 0.3) is 0 Å². The summed E-state index contributed by atoms with van der Waals surface area (Å²) in [5.74, 6) is 5.60. The molecule has 3 nitrogen and oxygen atoms in total. The number of nitrogen functional groups attached to an aromatic ring is 1. The Kier molecular flexibility index (Phi) is 4.41. The first-order chi connectivity index (χ1) is 7.65. The molecule has 0 saturated heterocycles. The number of nitrogens with two attached hydrogens (primary N) is 1. The molecule has 1 aromatic rings. The van der Waals surface area contributed by atoms with E-state index in [1.165, 1.54) is 0 Å². The smallest absolute Gasteiger partial charge is 0.251 e. The molecule has 0 aliphatic heterocycles. The molecule has 0 unspecified atom stereocenters. The van der Waals surface area contributed by atoms with E-state index in [0.717, 1.165) is 5.56 Å². The van der Waals surface area contributed by atoms with E-state index in [2.05, 4.69) is 17.2 Å². The zero-order chi connectivity index (χ0) is 12.0. The Morgan fingerprint density at radius 1 is 1.50 bits per heavy atom. The van der Waals surface area contributed by atoms with Gasteiger partial charge in [0.15, 0.2) is 0 Å². The predicted octanol–water partition coefficient (Wildman–Crippen LogP) is 1.72. The molecule has 1 aromatic carbocycles. The Bertz CT molecular complexity index is 441. The Morgan fingerprint density at radius 2 is 2.25 bits per heavy atom. The number of amides is 1. The highest BCUT2D eigenvalue weighted by Crippen LogP contribution is 2.12. The van der Waals surface area contributed by atoms with Crippen LogP contribution in [0.5, 0.6) is 0 Å². The summed E-state index contributed by atoms with van der Waals surface area (Å²) in [6.45, 7) is 4.23. The fourth-order valence-corrected chi connectivity index (χ4v) is 1.40. The van der Waals surface area contributed by atoms with Crippen LogP contribution >= 0.6 is 0 Å². The van der Waals surface area contributed by atoms with Crippen molar-refractivity contribution in [3.63, 3.8) is 0 Å². The van der Waals surface area contributed by atoms with E-state index in [9.17, 15) is 4.79 Å². The standard InChI is InChI=1S/C13H16N2O/c1-3-4-5-8-15-13(16)12-7-6-11(14)9-10(12)2/h6-7,9H,5,8,14H2,1-2H3,(H,15,16). The molecule has 0 radical (unpaired) electrons. The molecular formula is C13H16N2O. The number of aryl methyl sites for hydroxylation is 1. The molecule has 0 aliphatic carbocycles. The number of carbonyl (C=O) groups is 1. The number of carbonyl (C=O) groups excluding carboxylic acids is 1. The number of benzene rings is 1. The van der Waals surface area contributed by atoms with Crippen molar-refractivity contribution in [1.29, 1.82) is 0 Å². The van der Waals surface area contributed by atoms with Crippen molar-refractivity contribution >= 4 is 11.6 Å². The van der Waals surface area contributed by atoms with Gasteiger partial charge >= 0.3 is 0 Å². The molecule has 84 valence electrons. The first-order valence-corrected chi connectivity index (χ1v) is 5.19. The van der Waals surface area contributed by atoms with Crippen molar-refractivity contribution in [3.05, 3.63) is 29.3 Å². The Balaban J connectivity index is 2.61. The Labute approximate surface area is 96.0 Å². The van der Waals surface area contributed by atoms with Crippen molar-refractivity contribution in [3.8, 4) is 11.8 Å². The third-order valence-electron chi connectivity index (χ3n) is 2.21. The minimum absolute atomic E-state index is 0.0737. The third-order valence-corrected chi connectivity index (χ3v) is 2.21. The molecule has 3 heteroatoms. The van der Waals surface area contributed by atoms with E-state index in [1.807, 2.05) is 6.92 Å². The van der Waals surface area contributed by atoms with Crippen molar-refractivity contribution in [2.45, 2.75) is 20.3 Å². The second-order valence-electron chi connectivity index (χ2n) is 3.51. The number of anilines is 1. The molecule has 1 amide bonds.